The molecule has 1 atom stereocenters. The molecule has 0 N–H and O–H groups in total. The average Bonchev–Trinajstić information content (AvgIpc) is 3.19. The predicted octanol–water partition coefficient (Wildman–Crippen LogP) is 15.1. The number of carbonyl (C=O) groups excluding carboxylic acids is 3. The monoisotopic (exact) mass is 785 g/mol. The maximum absolute atomic E-state index is 12.7. The Morgan fingerprint density at radius 3 is 1.02 bits per heavy atom. The van der Waals surface area contributed by atoms with Gasteiger partial charge in [0.2, 0.25) is 0 Å². The van der Waals surface area contributed by atoms with Crippen molar-refractivity contribution < 1.29 is 28.6 Å². The van der Waals surface area contributed by atoms with Crippen LogP contribution >= 0.6 is 0 Å². The van der Waals surface area contributed by atoms with Gasteiger partial charge in [0.05, 0.1) is 0 Å². The van der Waals surface area contributed by atoms with Crippen LogP contribution in [0.5, 0.6) is 0 Å². The molecule has 6 heteroatoms. The molecule has 0 rings (SSSR count). The van der Waals surface area contributed by atoms with E-state index >= 15 is 0 Å². The number of esters is 3. The SMILES string of the molecule is CCCCC/C=C\C/C=C\CCCCCCCCCC(=O)OCC(COC(=O)CCCCCCCC)OC(=O)CCCCCCC/C=C\C/C=C\CCCCC. The minimum Gasteiger partial charge on any atom is -0.462 e. The molecule has 0 radical (unpaired) electrons. The zero-order valence-corrected chi connectivity index (χ0v) is 36.9. The van der Waals surface area contributed by atoms with Gasteiger partial charge in [-0.1, -0.05) is 179 Å². The summed E-state index contributed by atoms with van der Waals surface area (Å²) in [6, 6.07) is 0. The molecule has 0 aromatic heterocycles. The van der Waals surface area contributed by atoms with Crippen molar-refractivity contribution in [2.24, 2.45) is 0 Å². The van der Waals surface area contributed by atoms with Crippen LogP contribution in [0.15, 0.2) is 48.6 Å². The van der Waals surface area contributed by atoms with E-state index in [9.17, 15) is 14.4 Å². The molecular weight excluding hydrogens is 697 g/mol. The Balaban J connectivity index is 4.28. The van der Waals surface area contributed by atoms with E-state index in [-0.39, 0.29) is 31.1 Å². The largest absolute Gasteiger partial charge is 0.462 e. The molecule has 0 aliphatic carbocycles. The Hall–Kier alpha value is -2.63. The molecule has 56 heavy (non-hydrogen) atoms. The highest BCUT2D eigenvalue weighted by molar-refractivity contribution is 5.71. The Morgan fingerprint density at radius 2 is 0.643 bits per heavy atom. The van der Waals surface area contributed by atoms with Gasteiger partial charge in [-0.25, -0.2) is 0 Å². The molecule has 0 aromatic carbocycles. The standard InChI is InChI=1S/C50H88O6/c1-4-7-10-13-16-18-20-22-24-25-27-28-30-32-34-37-40-43-49(52)55-46-47(45-54-48(51)42-39-36-15-12-9-6-3)56-50(53)44-41-38-35-33-31-29-26-23-21-19-17-14-11-8-5-2/h16-19,22-24,26,47H,4-15,20-21,25,27-46H2,1-3H3/b18-16-,19-17-,24-22-,26-23-. The summed E-state index contributed by atoms with van der Waals surface area (Å²) in [5.41, 5.74) is 0. The van der Waals surface area contributed by atoms with Crippen molar-refractivity contribution in [3.63, 3.8) is 0 Å². The van der Waals surface area contributed by atoms with Crippen molar-refractivity contribution in [3.8, 4) is 0 Å². The van der Waals surface area contributed by atoms with E-state index in [4.69, 9.17) is 14.2 Å². The summed E-state index contributed by atoms with van der Waals surface area (Å²) in [7, 11) is 0. The highest BCUT2D eigenvalue weighted by Gasteiger charge is 2.19. The molecule has 0 spiro atoms. The lowest BCUT2D eigenvalue weighted by molar-refractivity contribution is -0.167. The second-order valence-corrected chi connectivity index (χ2v) is 15.7. The molecule has 0 fully saturated rings. The van der Waals surface area contributed by atoms with Crippen LogP contribution in [0, 0.1) is 0 Å². The van der Waals surface area contributed by atoms with E-state index in [1.54, 1.807) is 0 Å². The van der Waals surface area contributed by atoms with Gasteiger partial charge in [0.1, 0.15) is 13.2 Å². The number of unbranched alkanes of at least 4 members (excludes halogenated alkanes) is 23. The molecule has 0 saturated carbocycles. The maximum atomic E-state index is 12.7. The summed E-state index contributed by atoms with van der Waals surface area (Å²) < 4.78 is 16.6. The second kappa shape index (κ2) is 45.1. The fourth-order valence-electron chi connectivity index (χ4n) is 6.44. The number of ether oxygens (including phenoxy) is 3. The van der Waals surface area contributed by atoms with Gasteiger partial charge < -0.3 is 14.2 Å². The van der Waals surface area contributed by atoms with Crippen molar-refractivity contribution in [2.75, 3.05) is 13.2 Å². The summed E-state index contributed by atoms with van der Waals surface area (Å²) in [5.74, 6) is -0.912. The van der Waals surface area contributed by atoms with Gasteiger partial charge in [-0.05, 0) is 83.5 Å². The number of rotatable bonds is 42. The van der Waals surface area contributed by atoms with Gasteiger partial charge in [0, 0.05) is 19.3 Å². The lowest BCUT2D eigenvalue weighted by Crippen LogP contribution is -2.30. The first-order valence-corrected chi connectivity index (χ1v) is 23.6. The number of carbonyl (C=O) groups is 3. The van der Waals surface area contributed by atoms with Crippen LogP contribution in [0.2, 0.25) is 0 Å². The summed E-state index contributed by atoms with van der Waals surface area (Å²) in [6.45, 7) is 6.50. The van der Waals surface area contributed by atoms with Crippen molar-refractivity contribution in [1.82, 2.24) is 0 Å². The fraction of sp³-hybridized carbons (Fsp3) is 0.780. The highest BCUT2D eigenvalue weighted by atomic mass is 16.6. The Labute approximate surface area is 346 Å². The van der Waals surface area contributed by atoms with Crippen LogP contribution in [0.25, 0.3) is 0 Å². The number of allylic oxidation sites excluding steroid dienone is 8. The van der Waals surface area contributed by atoms with Crippen LogP contribution < -0.4 is 0 Å². The second-order valence-electron chi connectivity index (χ2n) is 15.7. The Bertz CT molecular complexity index is 996. The topological polar surface area (TPSA) is 78.9 Å². The molecule has 324 valence electrons. The van der Waals surface area contributed by atoms with Crippen LogP contribution in [0.1, 0.15) is 233 Å². The average molecular weight is 785 g/mol. The molecule has 0 bridgehead atoms. The smallest absolute Gasteiger partial charge is 0.306 e. The first-order valence-electron chi connectivity index (χ1n) is 23.6. The molecule has 6 nitrogen and oxygen atoms in total. The normalized spacial score (nSPS) is 12.4. The number of hydrogen-bond donors (Lipinski definition) is 0. The van der Waals surface area contributed by atoms with Crippen LogP contribution in [-0.4, -0.2) is 37.2 Å². The molecule has 0 aliphatic rings. The Morgan fingerprint density at radius 1 is 0.357 bits per heavy atom. The van der Waals surface area contributed by atoms with E-state index in [0.29, 0.717) is 19.3 Å². The van der Waals surface area contributed by atoms with E-state index in [1.807, 2.05) is 0 Å². The Kier molecular flexibility index (Phi) is 43.0. The molecule has 0 heterocycles. The van der Waals surface area contributed by atoms with Gasteiger partial charge in [-0.15, -0.1) is 0 Å². The molecule has 0 saturated heterocycles. The molecule has 0 aliphatic heterocycles. The summed E-state index contributed by atoms with van der Waals surface area (Å²) in [5, 5.41) is 0. The minimum atomic E-state index is -0.778. The number of hydrogen-bond acceptors (Lipinski definition) is 6. The highest BCUT2D eigenvalue weighted by Crippen LogP contribution is 2.13. The van der Waals surface area contributed by atoms with Crippen molar-refractivity contribution in [2.45, 2.75) is 239 Å². The van der Waals surface area contributed by atoms with E-state index in [2.05, 4.69) is 69.4 Å². The van der Waals surface area contributed by atoms with E-state index in [1.165, 1.54) is 96.3 Å². The molecular formula is C50H88O6. The third-order valence-corrected chi connectivity index (χ3v) is 10.1. The lowest BCUT2D eigenvalue weighted by Gasteiger charge is -2.18. The third kappa shape index (κ3) is 42.5. The summed E-state index contributed by atoms with van der Waals surface area (Å²) in [6.07, 6.45) is 52.5. The first kappa shape index (κ1) is 53.4. The first-order chi connectivity index (χ1) is 27.5. The van der Waals surface area contributed by atoms with E-state index < -0.39 is 6.10 Å². The molecule has 1 unspecified atom stereocenters. The molecule has 0 amide bonds. The summed E-state index contributed by atoms with van der Waals surface area (Å²) >= 11 is 0. The van der Waals surface area contributed by atoms with Gasteiger partial charge in [-0.3, -0.25) is 14.4 Å². The maximum Gasteiger partial charge on any atom is 0.306 e. The van der Waals surface area contributed by atoms with Gasteiger partial charge in [-0.2, -0.15) is 0 Å². The molecule has 0 aromatic rings. The predicted molar refractivity (Wildman–Crippen MR) is 238 cm³/mol. The van der Waals surface area contributed by atoms with Crippen LogP contribution in [0.3, 0.4) is 0 Å². The lowest BCUT2D eigenvalue weighted by atomic mass is 10.1. The summed E-state index contributed by atoms with van der Waals surface area (Å²) in [4.78, 5) is 37.6. The fourth-order valence-corrected chi connectivity index (χ4v) is 6.44. The zero-order chi connectivity index (χ0) is 40.8. The van der Waals surface area contributed by atoms with Gasteiger partial charge >= 0.3 is 17.9 Å². The zero-order valence-electron chi connectivity index (χ0n) is 36.9. The van der Waals surface area contributed by atoms with Crippen molar-refractivity contribution in [1.29, 1.82) is 0 Å². The van der Waals surface area contributed by atoms with Crippen LogP contribution in [0.4, 0.5) is 0 Å². The van der Waals surface area contributed by atoms with Gasteiger partial charge in [0.25, 0.3) is 0 Å². The van der Waals surface area contributed by atoms with Gasteiger partial charge in [0.15, 0.2) is 6.10 Å². The van der Waals surface area contributed by atoms with Crippen LogP contribution in [-0.2, 0) is 28.6 Å². The third-order valence-electron chi connectivity index (χ3n) is 10.1. The minimum absolute atomic E-state index is 0.0815. The van der Waals surface area contributed by atoms with Crippen molar-refractivity contribution in [3.05, 3.63) is 48.6 Å². The quantitative estimate of drug-likeness (QED) is 0.0265. The van der Waals surface area contributed by atoms with E-state index in [0.717, 1.165) is 96.3 Å². The van der Waals surface area contributed by atoms with Crippen molar-refractivity contribution >= 4 is 17.9 Å².